The number of hydrogen-bond acceptors (Lipinski definition) is 2. The number of piperidine rings is 1. The fraction of sp³-hybridized carbons (Fsp3) is 1.00. The van der Waals surface area contributed by atoms with Crippen LogP contribution < -0.4 is 5.32 Å². The predicted octanol–water partition coefficient (Wildman–Crippen LogP) is 1.27. The van der Waals surface area contributed by atoms with Crippen LogP contribution >= 0.6 is 0 Å². The Balaban J connectivity index is 2.18. The number of hydrogen-bond donors (Lipinski definition) is 1. The second-order valence-electron chi connectivity index (χ2n) is 3.39. The van der Waals surface area contributed by atoms with Crippen molar-refractivity contribution in [1.82, 2.24) is 5.32 Å². The van der Waals surface area contributed by atoms with Gasteiger partial charge in [0.1, 0.15) is 0 Å². The zero-order valence-corrected chi connectivity index (χ0v) is 7.60. The maximum absolute atomic E-state index is 5.40. The molecule has 1 aliphatic rings. The van der Waals surface area contributed by atoms with E-state index >= 15 is 0 Å². The van der Waals surface area contributed by atoms with Gasteiger partial charge in [0.25, 0.3) is 0 Å². The second-order valence-corrected chi connectivity index (χ2v) is 3.39. The highest BCUT2D eigenvalue weighted by molar-refractivity contribution is 4.74. The third-order valence-electron chi connectivity index (χ3n) is 2.52. The van der Waals surface area contributed by atoms with Crippen LogP contribution in [-0.4, -0.2) is 26.3 Å². The molecule has 0 amide bonds. The fourth-order valence-electron chi connectivity index (χ4n) is 1.55. The fourth-order valence-corrected chi connectivity index (χ4v) is 1.55. The van der Waals surface area contributed by atoms with Gasteiger partial charge in [-0.1, -0.05) is 6.92 Å². The van der Waals surface area contributed by atoms with E-state index in [0.29, 0.717) is 0 Å². The molecule has 0 radical (unpaired) electrons. The van der Waals surface area contributed by atoms with Crippen molar-refractivity contribution < 1.29 is 4.74 Å². The Hall–Kier alpha value is -0.0800. The van der Waals surface area contributed by atoms with Gasteiger partial charge in [-0.25, -0.2) is 0 Å². The van der Waals surface area contributed by atoms with Crippen molar-refractivity contribution in [1.29, 1.82) is 0 Å². The van der Waals surface area contributed by atoms with Gasteiger partial charge in [0.05, 0.1) is 6.61 Å². The Morgan fingerprint density at radius 2 is 2.36 bits per heavy atom. The van der Waals surface area contributed by atoms with Crippen LogP contribution in [0.4, 0.5) is 0 Å². The van der Waals surface area contributed by atoms with Crippen molar-refractivity contribution >= 4 is 0 Å². The highest BCUT2D eigenvalue weighted by Crippen LogP contribution is 2.18. The number of rotatable bonds is 3. The van der Waals surface area contributed by atoms with Gasteiger partial charge in [-0.15, -0.1) is 0 Å². The lowest BCUT2D eigenvalue weighted by molar-refractivity contribution is 0.0778. The summed E-state index contributed by atoms with van der Waals surface area (Å²) in [6, 6.07) is 0. The highest BCUT2D eigenvalue weighted by atomic mass is 16.5. The van der Waals surface area contributed by atoms with Crippen molar-refractivity contribution in [2.45, 2.75) is 20.3 Å². The quantitative estimate of drug-likeness (QED) is 0.666. The largest absolute Gasteiger partial charge is 0.381 e. The minimum Gasteiger partial charge on any atom is -0.381 e. The van der Waals surface area contributed by atoms with Gasteiger partial charge < -0.3 is 10.1 Å². The molecule has 0 aliphatic carbocycles. The minimum absolute atomic E-state index is 0.740. The molecule has 2 atom stereocenters. The molecule has 1 aliphatic heterocycles. The van der Waals surface area contributed by atoms with Crippen molar-refractivity contribution in [2.75, 3.05) is 26.3 Å². The normalized spacial score (nSPS) is 32.2. The molecule has 1 N–H and O–H groups in total. The molecule has 0 spiro atoms. The summed E-state index contributed by atoms with van der Waals surface area (Å²) in [5.41, 5.74) is 0. The van der Waals surface area contributed by atoms with Crippen LogP contribution in [0.2, 0.25) is 0 Å². The Bertz CT molecular complexity index is 106. The second kappa shape index (κ2) is 4.73. The van der Waals surface area contributed by atoms with Crippen LogP contribution in [-0.2, 0) is 4.74 Å². The van der Waals surface area contributed by atoms with E-state index in [4.69, 9.17) is 4.74 Å². The van der Waals surface area contributed by atoms with E-state index in [1.54, 1.807) is 0 Å². The van der Waals surface area contributed by atoms with Crippen LogP contribution in [0, 0.1) is 11.8 Å². The molecule has 0 aromatic heterocycles. The van der Waals surface area contributed by atoms with Gasteiger partial charge >= 0.3 is 0 Å². The molecule has 11 heavy (non-hydrogen) atoms. The smallest absolute Gasteiger partial charge is 0.0508 e. The summed E-state index contributed by atoms with van der Waals surface area (Å²) in [5, 5.41) is 3.39. The van der Waals surface area contributed by atoms with Crippen LogP contribution in [0.25, 0.3) is 0 Å². The van der Waals surface area contributed by atoms with E-state index < -0.39 is 0 Å². The minimum atomic E-state index is 0.740. The van der Waals surface area contributed by atoms with Crippen LogP contribution in [0.15, 0.2) is 0 Å². The average Bonchev–Trinajstić information content (AvgIpc) is 2.03. The zero-order chi connectivity index (χ0) is 8.10. The Morgan fingerprint density at radius 3 is 3.00 bits per heavy atom. The van der Waals surface area contributed by atoms with E-state index in [1.165, 1.54) is 13.0 Å². The first-order valence-electron chi connectivity index (χ1n) is 4.63. The molecule has 0 saturated carbocycles. The van der Waals surface area contributed by atoms with Gasteiger partial charge in [0.2, 0.25) is 0 Å². The number of ether oxygens (including phenoxy) is 1. The maximum Gasteiger partial charge on any atom is 0.0508 e. The topological polar surface area (TPSA) is 21.3 Å². The summed E-state index contributed by atoms with van der Waals surface area (Å²) in [6.45, 7) is 8.49. The standard InChI is InChI=1S/C9H19NO/c1-3-11-7-9-6-10-5-4-8(9)2/h8-10H,3-7H2,1-2H3. The summed E-state index contributed by atoms with van der Waals surface area (Å²) in [5.74, 6) is 1.58. The van der Waals surface area contributed by atoms with Gasteiger partial charge in [0.15, 0.2) is 0 Å². The summed E-state index contributed by atoms with van der Waals surface area (Å²) < 4.78 is 5.40. The lowest BCUT2D eigenvalue weighted by Crippen LogP contribution is -2.37. The van der Waals surface area contributed by atoms with E-state index in [1.807, 2.05) is 0 Å². The van der Waals surface area contributed by atoms with Gasteiger partial charge in [-0.05, 0) is 31.7 Å². The zero-order valence-electron chi connectivity index (χ0n) is 7.60. The van der Waals surface area contributed by atoms with Crippen LogP contribution in [0.3, 0.4) is 0 Å². The van der Waals surface area contributed by atoms with Gasteiger partial charge in [-0.3, -0.25) is 0 Å². The molecule has 1 rings (SSSR count). The molecule has 66 valence electrons. The molecule has 1 saturated heterocycles. The molecule has 2 nitrogen and oxygen atoms in total. The first-order chi connectivity index (χ1) is 5.34. The molecule has 2 unspecified atom stereocenters. The van der Waals surface area contributed by atoms with Crippen molar-refractivity contribution in [3.05, 3.63) is 0 Å². The van der Waals surface area contributed by atoms with E-state index in [-0.39, 0.29) is 0 Å². The monoisotopic (exact) mass is 157 g/mol. The molecule has 1 fully saturated rings. The molecule has 0 aromatic rings. The third-order valence-corrected chi connectivity index (χ3v) is 2.52. The lowest BCUT2D eigenvalue weighted by Gasteiger charge is -2.29. The molecule has 2 heteroatoms. The highest BCUT2D eigenvalue weighted by Gasteiger charge is 2.20. The maximum atomic E-state index is 5.40. The van der Waals surface area contributed by atoms with Crippen molar-refractivity contribution in [3.63, 3.8) is 0 Å². The first kappa shape index (κ1) is 9.01. The SMILES string of the molecule is CCOCC1CNCCC1C. The van der Waals surface area contributed by atoms with Crippen molar-refractivity contribution in [2.24, 2.45) is 11.8 Å². The average molecular weight is 157 g/mol. The molecule has 0 bridgehead atoms. The van der Waals surface area contributed by atoms with E-state index in [0.717, 1.165) is 31.6 Å². The molecule has 1 heterocycles. The number of nitrogens with one attached hydrogen (secondary N) is 1. The van der Waals surface area contributed by atoms with Gasteiger partial charge in [0, 0.05) is 13.2 Å². The molecular weight excluding hydrogens is 138 g/mol. The van der Waals surface area contributed by atoms with Crippen LogP contribution in [0.5, 0.6) is 0 Å². The summed E-state index contributed by atoms with van der Waals surface area (Å²) in [7, 11) is 0. The Labute approximate surface area is 69.3 Å². The van der Waals surface area contributed by atoms with Crippen LogP contribution in [0.1, 0.15) is 20.3 Å². The Morgan fingerprint density at radius 1 is 1.55 bits per heavy atom. The summed E-state index contributed by atoms with van der Waals surface area (Å²) in [6.07, 6.45) is 1.30. The first-order valence-corrected chi connectivity index (χ1v) is 4.63. The third kappa shape index (κ3) is 2.80. The lowest BCUT2D eigenvalue weighted by atomic mass is 9.89. The van der Waals surface area contributed by atoms with E-state index in [9.17, 15) is 0 Å². The summed E-state index contributed by atoms with van der Waals surface area (Å²) in [4.78, 5) is 0. The van der Waals surface area contributed by atoms with E-state index in [2.05, 4.69) is 19.2 Å². The predicted molar refractivity (Wildman–Crippen MR) is 46.6 cm³/mol. The molecular formula is C9H19NO. The van der Waals surface area contributed by atoms with Crippen molar-refractivity contribution in [3.8, 4) is 0 Å². The Kier molecular flexibility index (Phi) is 3.87. The molecule has 0 aromatic carbocycles. The van der Waals surface area contributed by atoms with Gasteiger partial charge in [-0.2, -0.15) is 0 Å². The summed E-state index contributed by atoms with van der Waals surface area (Å²) >= 11 is 0.